The minimum Gasteiger partial charge on any atom is -0.497 e. The number of aryl methyl sites for hydroxylation is 1. The lowest BCUT2D eigenvalue weighted by molar-refractivity contribution is -0.122. The Morgan fingerprint density at radius 3 is 2.73 bits per heavy atom. The van der Waals surface area contributed by atoms with E-state index in [1.807, 2.05) is 36.1 Å². The topological polar surface area (TPSA) is 74.4 Å². The van der Waals surface area contributed by atoms with Gasteiger partial charge in [-0.2, -0.15) is 0 Å². The molecule has 0 atom stereocenters. The van der Waals surface area contributed by atoms with Crippen molar-refractivity contribution in [3.63, 3.8) is 0 Å². The van der Waals surface area contributed by atoms with Crippen LogP contribution in [0, 0.1) is 6.92 Å². The lowest BCUT2D eigenvalue weighted by atomic mass is 10.0. The highest BCUT2D eigenvalue weighted by Gasteiger charge is 2.23. The van der Waals surface area contributed by atoms with Crippen molar-refractivity contribution in [3.8, 4) is 5.75 Å². The number of hydrogen-bond donors (Lipinski definition) is 2. The number of halogens is 1. The summed E-state index contributed by atoms with van der Waals surface area (Å²) in [6.07, 6.45) is 0.693. The molecule has 0 radical (unpaired) electrons. The van der Waals surface area contributed by atoms with Crippen LogP contribution >= 0.6 is 11.6 Å². The predicted octanol–water partition coefficient (Wildman–Crippen LogP) is 3.17. The number of aromatic nitrogens is 1. The molecule has 2 N–H and O–H groups in total. The number of carbonyl (C=O) groups is 1. The summed E-state index contributed by atoms with van der Waals surface area (Å²) < 4.78 is 5.14. The molecule has 156 valence electrons. The number of pyridine rings is 1. The highest BCUT2D eigenvalue weighted by Crippen LogP contribution is 2.25. The highest BCUT2D eigenvalue weighted by molar-refractivity contribution is 6.32. The van der Waals surface area contributed by atoms with E-state index in [4.69, 9.17) is 16.3 Å². The van der Waals surface area contributed by atoms with E-state index in [1.54, 1.807) is 19.2 Å². The van der Waals surface area contributed by atoms with Crippen molar-refractivity contribution < 1.29 is 9.53 Å². The van der Waals surface area contributed by atoms with Crippen LogP contribution in [-0.4, -0.2) is 36.0 Å². The van der Waals surface area contributed by atoms with E-state index in [2.05, 4.69) is 10.3 Å². The van der Waals surface area contributed by atoms with Gasteiger partial charge in [-0.15, -0.1) is 0 Å². The fourth-order valence-corrected chi connectivity index (χ4v) is 4.01. The number of carbonyl (C=O) groups excluding carboxylic acids is 1. The van der Waals surface area contributed by atoms with Crippen molar-refractivity contribution in [1.29, 1.82) is 0 Å². The molecular weight excluding hydrogens is 402 g/mol. The van der Waals surface area contributed by atoms with Crippen LogP contribution in [-0.2, 0) is 24.3 Å². The number of hydrogen-bond acceptors (Lipinski definition) is 4. The van der Waals surface area contributed by atoms with E-state index >= 15 is 0 Å². The van der Waals surface area contributed by atoms with Crippen molar-refractivity contribution in [2.24, 2.45) is 0 Å². The number of nitrogens with one attached hydrogen (secondary N) is 2. The number of rotatable bonds is 5. The van der Waals surface area contributed by atoms with Crippen LogP contribution in [0.25, 0.3) is 10.9 Å². The van der Waals surface area contributed by atoms with E-state index in [9.17, 15) is 9.59 Å². The summed E-state index contributed by atoms with van der Waals surface area (Å²) in [6.45, 7) is 3.79. The van der Waals surface area contributed by atoms with Gasteiger partial charge in [0.25, 0.3) is 0 Å². The summed E-state index contributed by atoms with van der Waals surface area (Å²) >= 11 is 6.21. The first-order valence-electron chi connectivity index (χ1n) is 9.91. The van der Waals surface area contributed by atoms with Crippen LogP contribution in [0.15, 0.2) is 41.2 Å². The second-order valence-electron chi connectivity index (χ2n) is 7.59. The largest absolute Gasteiger partial charge is 0.497 e. The first kappa shape index (κ1) is 20.4. The lowest BCUT2D eigenvalue weighted by Crippen LogP contribution is -2.41. The molecule has 0 unspecified atom stereocenters. The average Bonchev–Trinajstić information content (AvgIpc) is 2.76. The number of benzene rings is 2. The molecule has 0 fully saturated rings. The predicted molar refractivity (Wildman–Crippen MR) is 118 cm³/mol. The van der Waals surface area contributed by atoms with Gasteiger partial charge in [0.2, 0.25) is 5.91 Å². The van der Waals surface area contributed by atoms with Gasteiger partial charge >= 0.3 is 0 Å². The van der Waals surface area contributed by atoms with Gasteiger partial charge in [0.05, 0.1) is 19.2 Å². The zero-order valence-corrected chi connectivity index (χ0v) is 17.8. The third-order valence-corrected chi connectivity index (χ3v) is 6.04. The van der Waals surface area contributed by atoms with Crippen LogP contribution in [0.2, 0.25) is 5.02 Å². The Kier molecular flexibility index (Phi) is 5.79. The van der Waals surface area contributed by atoms with Crippen LogP contribution in [0.1, 0.15) is 22.4 Å². The van der Waals surface area contributed by atoms with Crippen LogP contribution in [0.4, 0.5) is 0 Å². The Balaban J connectivity index is 1.43. The quantitative estimate of drug-likeness (QED) is 0.658. The summed E-state index contributed by atoms with van der Waals surface area (Å²) in [5.41, 5.74) is 4.38. The average molecular weight is 426 g/mol. The van der Waals surface area contributed by atoms with Gasteiger partial charge in [0, 0.05) is 47.7 Å². The summed E-state index contributed by atoms with van der Waals surface area (Å²) in [7, 11) is 1.62. The third kappa shape index (κ3) is 4.06. The molecule has 0 saturated carbocycles. The summed E-state index contributed by atoms with van der Waals surface area (Å²) in [5, 5.41) is 4.23. The smallest absolute Gasteiger partial charge is 0.234 e. The standard InChI is InChI=1S/C23H24ClN3O3/c1-14-19(24)8-7-17-22(14)26-20-9-10-27(12-18(20)23(17)29)13-21(28)25-11-15-3-5-16(30-2)6-4-15/h3-8H,9-13H2,1-2H3,(H,25,28)(H,26,29). The van der Waals surface area contributed by atoms with Gasteiger partial charge in [-0.05, 0) is 42.3 Å². The van der Waals surface area contributed by atoms with Gasteiger partial charge in [0.15, 0.2) is 5.43 Å². The van der Waals surface area contributed by atoms with Gasteiger partial charge in [0.1, 0.15) is 5.75 Å². The number of aromatic amines is 1. The molecule has 1 amide bonds. The van der Waals surface area contributed by atoms with E-state index in [0.717, 1.165) is 33.7 Å². The van der Waals surface area contributed by atoms with Gasteiger partial charge in [-0.1, -0.05) is 23.7 Å². The normalized spacial score (nSPS) is 13.8. The molecule has 2 aromatic carbocycles. The Morgan fingerprint density at radius 1 is 1.23 bits per heavy atom. The molecule has 7 heteroatoms. The molecule has 30 heavy (non-hydrogen) atoms. The molecule has 0 bridgehead atoms. The zero-order valence-electron chi connectivity index (χ0n) is 17.0. The van der Waals surface area contributed by atoms with Crippen molar-refractivity contribution >= 4 is 28.4 Å². The molecule has 1 aliphatic heterocycles. The van der Waals surface area contributed by atoms with Crippen LogP contribution in [0.3, 0.4) is 0 Å². The second-order valence-corrected chi connectivity index (χ2v) is 8.00. The molecule has 6 nitrogen and oxygen atoms in total. The number of nitrogens with zero attached hydrogens (tertiary/aromatic N) is 1. The molecule has 2 heterocycles. The first-order valence-corrected chi connectivity index (χ1v) is 10.3. The minimum absolute atomic E-state index is 0.0156. The molecular formula is C23H24ClN3O3. The number of methoxy groups -OCH3 is 1. The first-order chi connectivity index (χ1) is 14.5. The molecule has 1 aromatic heterocycles. The fourth-order valence-electron chi connectivity index (χ4n) is 3.85. The maximum atomic E-state index is 13.0. The zero-order chi connectivity index (χ0) is 21.3. The van der Waals surface area contributed by atoms with Crippen LogP contribution in [0.5, 0.6) is 5.75 Å². The fraction of sp³-hybridized carbons (Fsp3) is 0.304. The third-order valence-electron chi connectivity index (χ3n) is 5.63. The molecule has 0 spiro atoms. The van der Waals surface area contributed by atoms with E-state index in [-0.39, 0.29) is 17.9 Å². The summed E-state index contributed by atoms with van der Waals surface area (Å²) in [4.78, 5) is 30.9. The van der Waals surface area contributed by atoms with Gasteiger partial charge < -0.3 is 15.0 Å². The molecule has 3 aromatic rings. The number of amides is 1. The molecule has 1 aliphatic rings. The minimum atomic E-state index is -0.0610. The number of H-pyrrole nitrogens is 1. The van der Waals surface area contributed by atoms with E-state index in [1.165, 1.54) is 0 Å². The lowest BCUT2D eigenvalue weighted by Gasteiger charge is -2.28. The maximum absolute atomic E-state index is 13.0. The van der Waals surface area contributed by atoms with Gasteiger partial charge in [-0.25, -0.2) is 0 Å². The van der Waals surface area contributed by atoms with Crippen molar-refractivity contribution in [1.82, 2.24) is 15.2 Å². The SMILES string of the molecule is COc1ccc(CNC(=O)CN2CCc3[nH]c4c(C)c(Cl)ccc4c(=O)c3C2)cc1. The molecule has 4 rings (SSSR count). The summed E-state index contributed by atoms with van der Waals surface area (Å²) in [6, 6.07) is 11.1. The Morgan fingerprint density at radius 2 is 2.00 bits per heavy atom. The Hall–Kier alpha value is -2.83. The second kappa shape index (κ2) is 8.50. The number of ether oxygens (including phenoxy) is 1. The molecule has 0 aliphatic carbocycles. The van der Waals surface area contributed by atoms with Crippen molar-refractivity contribution in [2.45, 2.75) is 26.4 Å². The van der Waals surface area contributed by atoms with Crippen molar-refractivity contribution in [3.05, 3.63) is 74.0 Å². The van der Waals surface area contributed by atoms with Crippen LogP contribution < -0.4 is 15.5 Å². The summed E-state index contributed by atoms with van der Waals surface area (Å²) in [5.74, 6) is 0.724. The van der Waals surface area contributed by atoms with Crippen molar-refractivity contribution in [2.75, 3.05) is 20.2 Å². The monoisotopic (exact) mass is 425 g/mol. The Labute approximate surface area is 179 Å². The maximum Gasteiger partial charge on any atom is 0.234 e. The Bertz CT molecular complexity index is 1160. The van der Waals surface area contributed by atoms with Gasteiger partial charge in [-0.3, -0.25) is 14.5 Å². The number of fused-ring (bicyclic) bond motifs is 2. The molecule has 0 saturated heterocycles. The highest BCUT2D eigenvalue weighted by atomic mass is 35.5. The van der Waals surface area contributed by atoms with E-state index < -0.39 is 0 Å². The van der Waals surface area contributed by atoms with E-state index in [0.29, 0.717) is 36.5 Å².